The second-order valence-electron chi connectivity index (χ2n) is 6.67. The monoisotopic (exact) mass is 459 g/mol. The molecule has 2 heterocycles. The van der Waals surface area contributed by atoms with E-state index in [0.717, 1.165) is 23.9 Å². The van der Waals surface area contributed by atoms with Gasteiger partial charge in [-0.15, -0.1) is 11.8 Å². The number of thioether (sulfide) groups is 2. The number of anilines is 1. The van der Waals surface area contributed by atoms with Crippen LogP contribution in [0.2, 0.25) is 0 Å². The molecule has 1 aliphatic heterocycles. The molecule has 1 aromatic heterocycles. The fraction of sp³-hybridized carbons (Fsp3) is 0.421. The molecule has 3 rings (SSSR count). The van der Waals surface area contributed by atoms with Crippen molar-refractivity contribution >= 4 is 35.1 Å². The van der Waals surface area contributed by atoms with Crippen molar-refractivity contribution in [3.05, 3.63) is 45.9 Å². The highest BCUT2D eigenvalue weighted by Gasteiger charge is 2.30. The molecule has 1 atom stereocenters. The Bertz CT molecular complexity index is 995. The van der Waals surface area contributed by atoms with E-state index in [1.54, 1.807) is 0 Å². The number of ether oxygens (including phenoxy) is 1. The van der Waals surface area contributed by atoms with Crippen LogP contribution in [0.4, 0.5) is 18.9 Å². The molecule has 2 aromatic rings. The summed E-state index contributed by atoms with van der Waals surface area (Å²) in [6.07, 6.45) is -3.82. The van der Waals surface area contributed by atoms with E-state index in [4.69, 9.17) is 4.74 Å². The predicted octanol–water partition coefficient (Wildman–Crippen LogP) is 3.68. The number of carbonyl (C=O) groups is 1. The molecule has 11 heteroatoms. The summed E-state index contributed by atoms with van der Waals surface area (Å²) in [5.41, 5.74) is -0.230. The number of halogens is 3. The molecule has 1 N–H and O–H groups in total. The van der Waals surface area contributed by atoms with Crippen LogP contribution in [0.1, 0.15) is 18.2 Å². The number of hydrogen-bond donors (Lipinski definition) is 1. The number of amides is 1. The molecule has 0 bridgehead atoms. The minimum Gasteiger partial charge on any atom is -0.383 e. The molecule has 0 saturated heterocycles. The topological polar surface area (TPSA) is 73.2 Å². The Labute approximate surface area is 179 Å². The first kappa shape index (κ1) is 22.7. The normalized spacial score (nSPS) is 15.8. The van der Waals surface area contributed by atoms with E-state index >= 15 is 0 Å². The zero-order chi connectivity index (χ0) is 21.9. The fourth-order valence-corrected chi connectivity index (χ4v) is 4.88. The van der Waals surface area contributed by atoms with E-state index in [1.165, 1.54) is 35.6 Å². The average Bonchev–Trinajstić information content (AvgIpc) is 3.06. The third-order valence-electron chi connectivity index (χ3n) is 4.29. The number of aromatic nitrogens is 2. The predicted molar refractivity (Wildman–Crippen MR) is 110 cm³/mol. The minimum atomic E-state index is -4.49. The van der Waals surface area contributed by atoms with Crippen LogP contribution in [-0.4, -0.2) is 40.2 Å². The van der Waals surface area contributed by atoms with Gasteiger partial charge in [-0.2, -0.15) is 13.2 Å². The van der Waals surface area contributed by atoms with Gasteiger partial charge in [0.2, 0.25) is 5.91 Å². The van der Waals surface area contributed by atoms with Gasteiger partial charge in [-0.05, 0) is 18.2 Å². The number of nitrogens with zero attached hydrogens (tertiary/aromatic N) is 2. The molecule has 1 amide bonds. The zero-order valence-corrected chi connectivity index (χ0v) is 17.9. The highest BCUT2D eigenvalue weighted by Crippen LogP contribution is 2.34. The van der Waals surface area contributed by atoms with Crippen LogP contribution < -0.4 is 10.9 Å². The quantitative estimate of drug-likeness (QED) is 0.503. The molecule has 0 radical (unpaired) electrons. The first-order valence-electron chi connectivity index (χ1n) is 9.08. The van der Waals surface area contributed by atoms with Crippen molar-refractivity contribution in [2.24, 2.45) is 0 Å². The second-order valence-corrected chi connectivity index (χ2v) is 9.06. The van der Waals surface area contributed by atoms with E-state index in [2.05, 4.69) is 10.3 Å². The summed E-state index contributed by atoms with van der Waals surface area (Å²) in [6.45, 7) is 2.62. The van der Waals surface area contributed by atoms with Crippen LogP contribution >= 0.6 is 23.5 Å². The van der Waals surface area contributed by atoms with E-state index < -0.39 is 17.6 Å². The Hall–Kier alpha value is -1.98. The van der Waals surface area contributed by atoms with Gasteiger partial charge in [0, 0.05) is 24.5 Å². The molecule has 0 spiro atoms. The summed E-state index contributed by atoms with van der Waals surface area (Å²) in [4.78, 5) is 30.3. The van der Waals surface area contributed by atoms with Gasteiger partial charge in [0.05, 0.1) is 35.1 Å². The fourth-order valence-electron chi connectivity index (χ4n) is 2.92. The largest absolute Gasteiger partial charge is 0.416 e. The number of alkyl halides is 3. The Morgan fingerprint density at radius 3 is 2.90 bits per heavy atom. The van der Waals surface area contributed by atoms with Gasteiger partial charge in [0.25, 0.3) is 5.56 Å². The lowest BCUT2D eigenvalue weighted by atomic mass is 10.2. The maximum atomic E-state index is 12.8. The van der Waals surface area contributed by atoms with Crippen LogP contribution in [-0.2, 0) is 28.7 Å². The van der Waals surface area contributed by atoms with E-state index in [1.807, 2.05) is 6.92 Å². The number of fused-ring (bicyclic) bond motifs is 1. The highest BCUT2D eigenvalue weighted by molar-refractivity contribution is 8.00. The van der Waals surface area contributed by atoms with Gasteiger partial charge in [0.1, 0.15) is 0 Å². The summed E-state index contributed by atoms with van der Waals surface area (Å²) in [7, 11) is 1.53. The van der Waals surface area contributed by atoms with Gasteiger partial charge in [-0.25, -0.2) is 4.98 Å². The number of methoxy groups -OCH3 is 1. The third kappa shape index (κ3) is 5.38. The molecule has 0 fully saturated rings. The first-order valence-corrected chi connectivity index (χ1v) is 10.9. The van der Waals surface area contributed by atoms with Crippen molar-refractivity contribution in [2.75, 3.05) is 24.8 Å². The van der Waals surface area contributed by atoms with Crippen molar-refractivity contribution in [3.63, 3.8) is 0 Å². The Morgan fingerprint density at radius 2 is 2.20 bits per heavy atom. The number of nitrogens with one attached hydrogen (secondary N) is 1. The average molecular weight is 460 g/mol. The first-order chi connectivity index (χ1) is 14.2. The maximum absolute atomic E-state index is 12.8. The van der Waals surface area contributed by atoms with Crippen molar-refractivity contribution in [1.29, 1.82) is 0 Å². The van der Waals surface area contributed by atoms with Crippen LogP contribution in [0.15, 0.2) is 39.1 Å². The number of carbonyl (C=O) groups excluding carboxylic acids is 1. The number of rotatable bonds is 7. The molecular formula is C19H20F3N3O3S2. The SMILES string of the molecule is COCCn1c(SCC(=O)Nc2cccc(C(F)(F)F)c2)nc2c(c1=O)S[C@H](C)C2. The van der Waals surface area contributed by atoms with Gasteiger partial charge < -0.3 is 10.1 Å². The molecule has 6 nitrogen and oxygen atoms in total. The Balaban J connectivity index is 1.74. The summed E-state index contributed by atoms with van der Waals surface area (Å²) in [5, 5.41) is 3.10. The lowest BCUT2D eigenvalue weighted by Gasteiger charge is -2.13. The zero-order valence-electron chi connectivity index (χ0n) is 16.3. The summed E-state index contributed by atoms with van der Waals surface area (Å²) >= 11 is 2.56. The molecule has 162 valence electrons. The summed E-state index contributed by atoms with van der Waals surface area (Å²) in [6, 6.07) is 4.43. The van der Waals surface area contributed by atoms with Crippen molar-refractivity contribution in [2.45, 2.75) is 41.4 Å². The van der Waals surface area contributed by atoms with Gasteiger partial charge >= 0.3 is 6.18 Å². The Kier molecular flexibility index (Phi) is 7.14. The van der Waals surface area contributed by atoms with Crippen LogP contribution in [0.3, 0.4) is 0 Å². The summed E-state index contributed by atoms with van der Waals surface area (Å²) < 4.78 is 45.0. The third-order valence-corrected chi connectivity index (χ3v) is 6.48. The standard InChI is InChI=1S/C19H20F3N3O3S2/c1-11-8-14-16(30-11)17(27)25(6-7-28-2)18(24-14)29-10-15(26)23-13-5-3-4-12(9-13)19(20,21)22/h3-5,9,11H,6-8,10H2,1-2H3,(H,23,26)/t11-/m1/s1. The van der Waals surface area contributed by atoms with Crippen molar-refractivity contribution in [1.82, 2.24) is 9.55 Å². The molecule has 0 saturated carbocycles. The van der Waals surface area contributed by atoms with Gasteiger partial charge in [-0.1, -0.05) is 24.8 Å². The van der Waals surface area contributed by atoms with Gasteiger partial charge in [-0.3, -0.25) is 14.2 Å². The van der Waals surface area contributed by atoms with E-state index in [9.17, 15) is 22.8 Å². The van der Waals surface area contributed by atoms with Gasteiger partial charge in [0.15, 0.2) is 5.16 Å². The maximum Gasteiger partial charge on any atom is 0.416 e. The van der Waals surface area contributed by atoms with E-state index in [-0.39, 0.29) is 22.2 Å². The molecule has 1 aromatic carbocycles. The van der Waals surface area contributed by atoms with Crippen LogP contribution in [0.25, 0.3) is 0 Å². The molecular weight excluding hydrogens is 439 g/mol. The van der Waals surface area contributed by atoms with Crippen molar-refractivity contribution < 1.29 is 22.7 Å². The smallest absolute Gasteiger partial charge is 0.383 e. The second kappa shape index (κ2) is 9.44. The lowest BCUT2D eigenvalue weighted by Crippen LogP contribution is -2.27. The minimum absolute atomic E-state index is 0.0549. The van der Waals surface area contributed by atoms with Crippen LogP contribution in [0, 0.1) is 0 Å². The number of benzene rings is 1. The number of hydrogen-bond acceptors (Lipinski definition) is 6. The van der Waals surface area contributed by atoms with Crippen LogP contribution in [0.5, 0.6) is 0 Å². The Morgan fingerprint density at radius 1 is 1.43 bits per heavy atom. The molecule has 0 aliphatic carbocycles. The molecule has 0 unspecified atom stereocenters. The van der Waals surface area contributed by atoms with Crippen molar-refractivity contribution in [3.8, 4) is 0 Å². The highest BCUT2D eigenvalue weighted by atomic mass is 32.2. The van der Waals surface area contributed by atoms with E-state index in [0.29, 0.717) is 35.3 Å². The summed E-state index contributed by atoms with van der Waals surface area (Å²) in [5.74, 6) is -0.591. The molecule has 1 aliphatic rings. The molecule has 30 heavy (non-hydrogen) atoms. The lowest BCUT2D eigenvalue weighted by molar-refractivity contribution is -0.137.